The molecule has 0 saturated carbocycles. The van der Waals surface area contributed by atoms with Crippen LogP contribution in [0.2, 0.25) is 0 Å². The maximum Gasteiger partial charge on any atom is 0.239 e. The van der Waals surface area contributed by atoms with Crippen LogP contribution in [0, 0.1) is 13.8 Å². The summed E-state index contributed by atoms with van der Waals surface area (Å²) in [5.41, 5.74) is 3.33. The van der Waals surface area contributed by atoms with Crippen LogP contribution in [0.1, 0.15) is 37.8 Å². The van der Waals surface area contributed by atoms with Crippen molar-refractivity contribution in [1.29, 1.82) is 0 Å². The zero-order valence-corrected chi connectivity index (χ0v) is 13.7. The van der Waals surface area contributed by atoms with Crippen LogP contribution in [0.5, 0.6) is 0 Å². The lowest BCUT2D eigenvalue weighted by atomic mass is 10.1. The van der Waals surface area contributed by atoms with E-state index in [4.69, 9.17) is 0 Å². The van der Waals surface area contributed by atoms with Gasteiger partial charge in [-0.3, -0.25) is 4.79 Å². The van der Waals surface area contributed by atoms with E-state index in [0.717, 1.165) is 28.6 Å². The van der Waals surface area contributed by atoms with Gasteiger partial charge in [0.15, 0.2) is 0 Å². The van der Waals surface area contributed by atoms with Crippen LogP contribution in [0.15, 0.2) is 16.6 Å². The van der Waals surface area contributed by atoms with E-state index < -0.39 is 0 Å². The number of carbonyl (C=O) groups excluding carboxylic acids is 1. The molecule has 1 rings (SSSR count). The van der Waals surface area contributed by atoms with Gasteiger partial charge in [-0.15, -0.1) is 0 Å². The van der Waals surface area contributed by atoms with Crippen LogP contribution in [-0.4, -0.2) is 18.5 Å². The molecule has 1 amide bonds. The molecule has 0 aliphatic rings. The number of benzene rings is 1. The van der Waals surface area contributed by atoms with Crippen LogP contribution in [0.25, 0.3) is 0 Å². The summed E-state index contributed by atoms with van der Waals surface area (Å²) in [5, 5.41) is 6.18. The second-order valence-corrected chi connectivity index (χ2v) is 5.90. The van der Waals surface area contributed by atoms with E-state index in [9.17, 15) is 4.79 Å². The van der Waals surface area contributed by atoms with Crippen molar-refractivity contribution in [3.63, 3.8) is 0 Å². The average Bonchev–Trinajstić information content (AvgIpc) is 2.27. The summed E-state index contributed by atoms with van der Waals surface area (Å²) in [6.07, 6.45) is 2.09. The first-order valence-electron chi connectivity index (χ1n) is 6.74. The molecule has 1 atom stereocenters. The van der Waals surface area contributed by atoms with E-state index in [-0.39, 0.29) is 11.9 Å². The molecule has 1 aromatic rings. The lowest BCUT2D eigenvalue weighted by Crippen LogP contribution is -2.36. The van der Waals surface area contributed by atoms with Crippen molar-refractivity contribution >= 4 is 27.5 Å². The molecule has 4 heteroatoms. The molecule has 0 fully saturated rings. The first-order valence-corrected chi connectivity index (χ1v) is 7.53. The van der Waals surface area contributed by atoms with Crippen molar-refractivity contribution in [3.8, 4) is 0 Å². The Bertz CT molecular complexity index is 423. The van der Waals surface area contributed by atoms with Gasteiger partial charge in [-0.05, 0) is 60.3 Å². The zero-order chi connectivity index (χ0) is 14.4. The Balaban J connectivity index is 2.55. The highest BCUT2D eigenvalue weighted by Crippen LogP contribution is 2.27. The standard InChI is InChI=1S/C15H23BrN2O/c1-5-6-12(4)18-14(19)9-17-15-11(3)7-10(2)8-13(15)16/h7-8,12,17H,5-6,9H2,1-4H3,(H,18,19). The van der Waals surface area contributed by atoms with E-state index in [1.165, 1.54) is 5.56 Å². The molecule has 2 N–H and O–H groups in total. The molecule has 106 valence electrons. The number of rotatable bonds is 6. The normalized spacial score (nSPS) is 12.1. The number of carbonyl (C=O) groups is 1. The minimum Gasteiger partial charge on any atom is -0.375 e. The zero-order valence-electron chi connectivity index (χ0n) is 12.1. The number of anilines is 1. The van der Waals surface area contributed by atoms with E-state index in [1.807, 2.05) is 19.9 Å². The van der Waals surface area contributed by atoms with Gasteiger partial charge < -0.3 is 10.6 Å². The van der Waals surface area contributed by atoms with Crippen LogP contribution < -0.4 is 10.6 Å². The number of aryl methyl sites for hydroxylation is 2. The van der Waals surface area contributed by atoms with Gasteiger partial charge in [0.25, 0.3) is 0 Å². The summed E-state index contributed by atoms with van der Waals surface area (Å²) < 4.78 is 0.999. The number of halogens is 1. The summed E-state index contributed by atoms with van der Waals surface area (Å²) in [6, 6.07) is 4.39. The number of amides is 1. The Morgan fingerprint density at radius 1 is 1.37 bits per heavy atom. The van der Waals surface area contributed by atoms with Gasteiger partial charge in [0.05, 0.1) is 12.2 Å². The first kappa shape index (κ1) is 16.0. The fraction of sp³-hybridized carbons (Fsp3) is 0.533. The Labute approximate surface area is 124 Å². The second kappa shape index (κ2) is 7.53. The Morgan fingerprint density at radius 2 is 2.05 bits per heavy atom. The summed E-state index contributed by atoms with van der Waals surface area (Å²) in [5.74, 6) is 0.0350. The minimum atomic E-state index is 0.0350. The van der Waals surface area contributed by atoms with Crippen LogP contribution >= 0.6 is 15.9 Å². The monoisotopic (exact) mass is 326 g/mol. The van der Waals surface area contributed by atoms with Crippen molar-refractivity contribution in [2.24, 2.45) is 0 Å². The van der Waals surface area contributed by atoms with Crippen LogP contribution in [0.3, 0.4) is 0 Å². The number of hydrogen-bond donors (Lipinski definition) is 2. The summed E-state index contributed by atoms with van der Waals surface area (Å²) in [6.45, 7) is 8.55. The smallest absolute Gasteiger partial charge is 0.239 e. The topological polar surface area (TPSA) is 41.1 Å². The molecule has 0 saturated heterocycles. The fourth-order valence-electron chi connectivity index (χ4n) is 2.14. The predicted molar refractivity (Wildman–Crippen MR) is 84.6 cm³/mol. The third-order valence-corrected chi connectivity index (χ3v) is 3.61. The van der Waals surface area contributed by atoms with E-state index >= 15 is 0 Å². The number of hydrogen-bond acceptors (Lipinski definition) is 2. The van der Waals surface area contributed by atoms with Gasteiger partial charge in [-0.25, -0.2) is 0 Å². The molecule has 0 aliphatic carbocycles. The molecule has 0 spiro atoms. The van der Waals surface area contributed by atoms with Gasteiger partial charge in [-0.1, -0.05) is 19.4 Å². The second-order valence-electron chi connectivity index (χ2n) is 5.05. The van der Waals surface area contributed by atoms with Gasteiger partial charge in [0.2, 0.25) is 5.91 Å². The molecule has 3 nitrogen and oxygen atoms in total. The highest BCUT2D eigenvalue weighted by atomic mass is 79.9. The molecule has 0 aliphatic heterocycles. The van der Waals surface area contributed by atoms with E-state index in [0.29, 0.717) is 6.54 Å². The molecule has 0 bridgehead atoms. The van der Waals surface area contributed by atoms with Crippen molar-refractivity contribution in [2.45, 2.75) is 46.6 Å². The van der Waals surface area contributed by atoms with Crippen molar-refractivity contribution in [1.82, 2.24) is 5.32 Å². The highest BCUT2D eigenvalue weighted by molar-refractivity contribution is 9.10. The maximum absolute atomic E-state index is 11.8. The predicted octanol–water partition coefficient (Wildman–Crippen LogP) is 3.78. The van der Waals surface area contributed by atoms with Crippen LogP contribution in [-0.2, 0) is 4.79 Å². The van der Waals surface area contributed by atoms with E-state index in [2.05, 4.69) is 46.5 Å². The molecule has 0 heterocycles. The van der Waals surface area contributed by atoms with E-state index in [1.54, 1.807) is 0 Å². The third kappa shape index (κ3) is 5.23. The van der Waals surface area contributed by atoms with Crippen molar-refractivity contribution in [2.75, 3.05) is 11.9 Å². The van der Waals surface area contributed by atoms with Crippen molar-refractivity contribution < 1.29 is 4.79 Å². The van der Waals surface area contributed by atoms with Gasteiger partial charge in [-0.2, -0.15) is 0 Å². The molecule has 0 radical (unpaired) electrons. The summed E-state index contributed by atoms with van der Waals surface area (Å²) in [7, 11) is 0. The van der Waals surface area contributed by atoms with Crippen LogP contribution in [0.4, 0.5) is 5.69 Å². The Kier molecular flexibility index (Phi) is 6.35. The van der Waals surface area contributed by atoms with Gasteiger partial charge >= 0.3 is 0 Å². The third-order valence-electron chi connectivity index (χ3n) is 2.99. The molecular formula is C15H23BrN2O. The lowest BCUT2D eigenvalue weighted by molar-refractivity contribution is -0.120. The summed E-state index contributed by atoms with van der Waals surface area (Å²) >= 11 is 3.53. The number of nitrogens with one attached hydrogen (secondary N) is 2. The quantitative estimate of drug-likeness (QED) is 0.835. The Morgan fingerprint density at radius 3 is 2.63 bits per heavy atom. The lowest BCUT2D eigenvalue weighted by Gasteiger charge is -2.15. The first-order chi connectivity index (χ1) is 8.93. The van der Waals surface area contributed by atoms with Gasteiger partial charge in [0.1, 0.15) is 0 Å². The Hall–Kier alpha value is -1.03. The molecule has 1 aromatic carbocycles. The molecule has 0 aromatic heterocycles. The highest BCUT2D eigenvalue weighted by Gasteiger charge is 2.09. The molecule has 1 unspecified atom stereocenters. The van der Waals surface area contributed by atoms with Gasteiger partial charge in [0, 0.05) is 10.5 Å². The summed E-state index contributed by atoms with van der Waals surface area (Å²) in [4.78, 5) is 11.8. The largest absolute Gasteiger partial charge is 0.375 e. The average molecular weight is 327 g/mol. The minimum absolute atomic E-state index is 0.0350. The SMILES string of the molecule is CCCC(C)NC(=O)CNc1c(C)cc(C)cc1Br. The molecule has 19 heavy (non-hydrogen) atoms. The molecular weight excluding hydrogens is 304 g/mol. The van der Waals surface area contributed by atoms with Crippen molar-refractivity contribution in [3.05, 3.63) is 27.7 Å². The maximum atomic E-state index is 11.8. The fourth-order valence-corrected chi connectivity index (χ4v) is 2.95.